The van der Waals surface area contributed by atoms with E-state index in [1.54, 1.807) is 24.3 Å². The molecule has 0 unspecified atom stereocenters. The van der Waals surface area contributed by atoms with Crippen LogP contribution in [0.15, 0.2) is 54.6 Å². The van der Waals surface area contributed by atoms with Gasteiger partial charge in [-0.3, -0.25) is 9.59 Å². The van der Waals surface area contributed by atoms with Crippen molar-refractivity contribution in [2.24, 2.45) is 5.92 Å². The smallest absolute Gasteiger partial charge is 0.253 e. The van der Waals surface area contributed by atoms with E-state index in [-0.39, 0.29) is 11.7 Å². The molecule has 1 aliphatic heterocycles. The predicted molar refractivity (Wildman–Crippen MR) is 101 cm³/mol. The first kappa shape index (κ1) is 18.3. The molecule has 3 rings (SSSR count). The normalized spacial score (nSPS) is 15.0. The van der Waals surface area contributed by atoms with E-state index in [2.05, 4.69) is 12.1 Å². The Bertz CT molecular complexity index is 732. The fourth-order valence-electron chi connectivity index (χ4n) is 3.25. The molecule has 1 fully saturated rings. The van der Waals surface area contributed by atoms with E-state index in [1.165, 1.54) is 12.5 Å². The summed E-state index contributed by atoms with van der Waals surface area (Å²) in [5.41, 5.74) is 2.47. The van der Waals surface area contributed by atoms with Gasteiger partial charge in [0.05, 0.1) is 6.61 Å². The summed E-state index contributed by atoms with van der Waals surface area (Å²) in [4.78, 5) is 25.8. The molecule has 2 aromatic carbocycles. The fraction of sp³-hybridized carbons (Fsp3) is 0.364. The van der Waals surface area contributed by atoms with E-state index in [0.29, 0.717) is 23.7 Å². The number of amides is 1. The Kier molecular flexibility index (Phi) is 6.18. The SMILES string of the molecule is CC(=O)c1ccc(C(=O)N2CCC(COCc3ccccc3)CC2)cc1. The second kappa shape index (κ2) is 8.77. The number of Topliss-reactive ketones (excluding diaryl/α,β-unsaturated/α-hetero) is 1. The molecule has 0 bridgehead atoms. The van der Waals surface area contributed by atoms with Gasteiger partial charge in [-0.1, -0.05) is 42.5 Å². The van der Waals surface area contributed by atoms with Crippen LogP contribution in [-0.4, -0.2) is 36.3 Å². The van der Waals surface area contributed by atoms with Gasteiger partial charge in [-0.25, -0.2) is 0 Å². The van der Waals surface area contributed by atoms with Gasteiger partial charge in [0, 0.05) is 30.8 Å². The molecule has 0 saturated carbocycles. The Morgan fingerprint density at radius 3 is 2.19 bits per heavy atom. The molecule has 1 saturated heterocycles. The van der Waals surface area contributed by atoms with Gasteiger partial charge in [-0.05, 0) is 43.4 Å². The molecule has 1 amide bonds. The highest BCUT2D eigenvalue weighted by atomic mass is 16.5. The third-order valence-electron chi connectivity index (χ3n) is 4.91. The lowest BCUT2D eigenvalue weighted by Gasteiger charge is -2.32. The summed E-state index contributed by atoms with van der Waals surface area (Å²) in [5.74, 6) is 0.562. The molecule has 2 aromatic rings. The third kappa shape index (κ3) is 4.79. The van der Waals surface area contributed by atoms with Crippen LogP contribution < -0.4 is 0 Å². The molecule has 0 aromatic heterocycles. The number of rotatable bonds is 6. The second-order valence-electron chi connectivity index (χ2n) is 6.87. The lowest BCUT2D eigenvalue weighted by molar-refractivity contribution is 0.0478. The molecular weight excluding hydrogens is 326 g/mol. The minimum atomic E-state index is 0.0142. The van der Waals surface area contributed by atoms with E-state index in [0.717, 1.165) is 32.5 Å². The van der Waals surface area contributed by atoms with Crippen molar-refractivity contribution >= 4 is 11.7 Å². The summed E-state index contributed by atoms with van der Waals surface area (Å²) >= 11 is 0. The van der Waals surface area contributed by atoms with Gasteiger partial charge in [0.2, 0.25) is 0 Å². The van der Waals surface area contributed by atoms with Crippen LogP contribution in [0.2, 0.25) is 0 Å². The lowest BCUT2D eigenvalue weighted by Crippen LogP contribution is -2.39. The molecular formula is C22H25NO3. The number of piperidine rings is 1. The van der Waals surface area contributed by atoms with E-state index < -0.39 is 0 Å². The summed E-state index contributed by atoms with van der Waals surface area (Å²) in [7, 11) is 0. The van der Waals surface area contributed by atoms with Gasteiger partial charge in [-0.15, -0.1) is 0 Å². The number of hydrogen-bond donors (Lipinski definition) is 0. The molecule has 0 atom stereocenters. The van der Waals surface area contributed by atoms with Crippen LogP contribution >= 0.6 is 0 Å². The zero-order valence-corrected chi connectivity index (χ0v) is 15.2. The maximum atomic E-state index is 12.6. The third-order valence-corrected chi connectivity index (χ3v) is 4.91. The van der Waals surface area contributed by atoms with Crippen molar-refractivity contribution in [3.05, 3.63) is 71.3 Å². The quantitative estimate of drug-likeness (QED) is 0.740. The van der Waals surface area contributed by atoms with Crippen LogP contribution in [0.5, 0.6) is 0 Å². The van der Waals surface area contributed by atoms with E-state index in [9.17, 15) is 9.59 Å². The van der Waals surface area contributed by atoms with Crippen molar-refractivity contribution in [3.8, 4) is 0 Å². The highest BCUT2D eigenvalue weighted by Crippen LogP contribution is 2.20. The van der Waals surface area contributed by atoms with E-state index >= 15 is 0 Å². The highest BCUT2D eigenvalue weighted by molar-refractivity contribution is 5.97. The summed E-state index contributed by atoms with van der Waals surface area (Å²) in [6, 6.07) is 17.1. The molecule has 136 valence electrons. The lowest BCUT2D eigenvalue weighted by atomic mass is 9.97. The Morgan fingerprint density at radius 1 is 0.962 bits per heavy atom. The van der Waals surface area contributed by atoms with Crippen LogP contribution in [0.1, 0.15) is 46.0 Å². The number of carbonyl (C=O) groups excluding carboxylic acids is 2. The van der Waals surface area contributed by atoms with Crippen LogP contribution in [0, 0.1) is 5.92 Å². The average molecular weight is 351 g/mol. The van der Waals surface area contributed by atoms with E-state index in [1.807, 2.05) is 23.1 Å². The van der Waals surface area contributed by atoms with Gasteiger partial charge < -0.3 is 9.64 Å². The Morgan fingerprint density at radius 2 is 1.58 bits per heavy atom. The first-order chi connectivity index (χ1) is 12.6. The summed E-state index contributed by atoms with van der Waals surface area (Å²) in [5, 5.41) is 0. The number of ketones is 1. The molecule has 4 heteroatoms. The fourth-order valence-corrected chi connectivity index (χ4v) is 3.25. The highest BCUT2D eigenvalue weighted by Gasteiger charge is 2.23. The molecule has 26 heavy (non-hydrogen) atoms. The number of carbonyl (C=O) groups is 2. The van der Waals surface area contributed by atoms with Gasteiger partial charge >= 0.3 is 0 Å². The number of likely N-dealkylation sites (tertiary alicyclic amines) is 1. The molecule has 0 aliphatic carbocycles. The first-order valence-corrected chi connectivity index (χ1v) is 9.15. The van der Waals surface area contributed by atoms with Crippen molar-refractivity contribution in [2.45, 2.75) is 26.4 Å². The maximum Gasteiger partial charge on any atom is 0.253 e. The molecule has 0 N–H and O–H groups in total. The van der Waals surface area contributed by atoms with Crippen LogP contribution in [0.25, 0.3) is 0 Å². The van der Waals surface area contributed by atoms with Gasteiger partial charge in [0.15, 0.2) is 5.78 Å². The molecule has 0 spiro atoms. The molecule has 4 nitrogen and oxygen atoms in total. The Hall–Kier alpha value is -2.46. The van der Waals surface area contributed by atoms with Crippen molar-refractivity contribution in [2.75, 3.05) is 19.7 Å². The van der Waals surface area contributed by atoms with Crippen molar-refractivity contribution in [3.63, 3.8) is 0 Å². The van der Waals surface area contributed by atoms with Crippen LogP contribution in [-0.2, 0) is 11.3 Å². The largest absolute Gasteiger partial charge is 0.376 e. The minimum Gasteiger partial charge on any atom is -0.376 e. The minimum absolute atomic E-state index is 0.0142. The second-order valence-corrected chi connectivity index (χ2v) is 6.87. The van der Waals surface area contributed by atoms with Gasteiger partial charge in [0.1, 0.15) is 0 Å². The summed E-state index contributed by atoms with van der Waals surface area (Å²) in [6.07, 6.45) is 1.93. The van der Waals surface area contributed by atoms with E-state index in [4.69, 9.17) is 4.74 Å². The Labute approximate surface area is 154 Å². The molecule has 1 heterocycles. The van der Waals surface area contributed by atoms with Crippen LogP contribution in [0.4, 0.5) is 0 Å². The number of benzene rings is 2. The van der Waals surface area contributed by atoms with Gasteiger partial charge in [-0.2, -0.15) is 0 Å². The van der Waals surface area contributed by atoms with Crippen molar-refractivity contribution in [1.29, 1.82) is 0 Å². The first-order valence-electron chi connectivity index (χ1n) is 9.15. The average Bonchev–Trinajstić information content (AvgIpc) is 2.69. The van der Waals surface area contributed by atoms with Gasteiger partial charge in [0.25, 0.3) is 5.91 Å². The number of ether oxygens (including phenoxy) is 1. The predicted octanol–water partition coefficient (Wildman–Crippen LogP) is 3.96. The maximum absolute atomic E-state index is 12.6. The zero-order valence-electron chi connectivity index (χ0n) is 15.2. The summed E-state index contributed by atoms with van der Waals surface area (Å²) < 4.78 is 5.84. The standard InChI is InChI=1S/C22H25NO3/c1-17(24)20-7-9-21(10-8-20)22(25)23-13-11-19(12-14-23)16-26-15-18-5-3-2-4-6-18/h2-10,19H,11-16H2,1H3. The monoisotopic (exact) mass is 351 g/mol. The van der Waals surface area contributed by atoms with Crippen molar-refractivity contribution < 1.29 is 14.3 Å². The topological polar surface area (TPSA) is 46.6 Å². The van der Waals surface area contributed by atoms with Crippen LogP contribution in [0.3, 0.4) is 0 Å². The number of hydrogen-bond acceptors (Lipinski definition) is 3. The Balaban J connectivity index is 1.44. The molecule has 0 radical (unpaired) electrons. The zero-order chi connectivity index (χ0) is 18.4. The molecule has 1 aliphatic rings. The summed E-state index contributed by atoms with van der Waals surface area (Å²) in [6.45, 7) is 4.42. The number of nitrogens with zero attached hydrogens (tertiary/aromatic N) is 1. The van der Waals surface area contributed by atoms with Crippen molar-refractivity contribution in [1.82, 2.24) is 4.90 Å².